The molecule has 0 bridgehead atoms. The highest BCUT2D eigenvalue weighted by Gasteiger charge is 2.33. The molecule has 0 saturated heterocycles. The molecule has 1 fully saturated rings. The summed E-state index contributed by atoms with van der Waals surface area (Å²) in [5.74, 6) is 0. The lowest BCUT2D eigenvalue weighted by Gasteiger charge is -2.13. The van der Waals surface area contributed by atoms with E-state index in [1.807, 2.05) is 0 Å². The summed E-state index contributed by atoms with van der Waals surface area (Å²) in [6.07, 6.45) is -2.12. The van der Waals surface area contributed by atoms with Gasteiger partial charge in [0.1, 0.15) is 11.3 Å². The van der Waals surface area contributed by atoms with Gasteiger partial charge in [0.15, 0.2) is 0 Å². The molecule has 3 N–H and O–H groups in total. The normalized spacial score (nSPS) is 20.4. The van der Waals surface area contributed by atoms with Crippen LogP contribution in [0.1, 0.15) is 25.0 Å². The number of aliphatic hydroxyl groups is 1. The van der Waals surface area contributed by atoms with Crippen LogP contribution in [0, 0.1) is 0 Å². The molecule has 0 aliphatic heterocycles. The first kappa shape index (κ1) is 19.9. The van der Waals surface area contributed by atoms with Crippen molar-refractivity contribution in [3.63, 3.8) is 0 Å². The van der Waals surface area contributed by atoms with Gasteiger partial charge < -0.3 is 10.1 Å². The number of sulfonamides is 1. The molecule has 4 rings (SSSR count). The fourth-order valence-electron chi connectivity index (χ4n) is 3.60. The van der Waals surface area contributed by atoms with Crippen LogP contribution in [0.5, 0.6) is 0 Å². The molecule has 154 valence electrons. The summed E-state index contributed by atoms with van der Waals surface area (Å²) in [6.45, 7) is 0. The van der Waals surface area contributed by atoms with Gasteiger partial charge in [-0.3, -0.25) is 0 Å². The van der Waals surface area contributed by atoms with Gasteiger partial charge in [-0.25, -0.2) is 18.1 Å². The molecule has 2 atom stereocenters. The maximum atomic E-state index is 13.0. The highest BCUT2D eigenvalue weighted by atomic mass is 32.2. The molecule has 2 unspecified atom stereocenters. The van der Waals surface area contributed by atoms with Crippen molar-refractivity contribution in [1.82, 2.24) is 14.7 Å². The Kier molecular flexibility index (Phi) is 4.88. The van der Waals surface area contributed by atoms with E-state index in [1.165, 1.54) is 18.3 Å². The summed E-state index contributed by atoms with van der Waals surface area (Å²) in [5, 5.41) is 9.85. The molecule has 1 aromatic carbocycles. The number of aliphatic hydroxyl groups excluding tert-OH is 1. The summed E-state index contributed by atoms with van der Waals surface area (Å²) in [7, 11) is -3.75. The van der Waals surface area contributed by atoms with Crippen LogP contribution in [0.15, 0.2) is 47.5 Å². The summed E-state index contributed by atoms with van der Waals surface area (Å²) < 4.78 is 66.6. The molecule has 0 amide bonds. The van der Waals surface area contributed by atoms with Crippen molar-refractivity contribution in [2.24, 2.45) is 0 Å². The van der Waals surface area contributed by atoms with E-state index in [2.05, 4.69) is 14.7 Å². The second-order valence-corrected chi connectivity index (χ2v) is 8.83. The highest BCUT2D eigenvalue weighted by Crippen LogP contribution is 2.34. The van der Waals surface area contributed by atoms with Crippen LogP contribution in [0.3, 0.4) is 0 Å². The molecule has 6 nitrogen and oxygen atoms in total. The molecular formula is C19H18F3N3O3S. The Morgan fingerprint density at radius 3 is 2.48 bits per heavy atom. The number of nitrogens with zero attached hydrogens (tertiary/aromatic N) is 1. The van der Waals surface area contributed by atoms with Gasteiger partial charge in [-0.05, 0) is 54.7 Å². The molecule has 10 heteroatoms. The van der Waals surface area contributed by atoms with Gasteiger partial charge >= 0.3 is 6.18 Å². The Hall–Kier alpha value is -2.43. The topological polar surface area (TPSA) is 95.1 Å². The zero-order chi connectivity index (χ0) is 20.8. The number of hydrogen-bond acceptors (Lipinski definition) is 4. The van der Waals surface area contributed by atoms with Gasteiger partial charge in [-0.2, -0.15) is 13.2 Å². The summed E-state index contributed by atoms with van der Waals surface area (Å²) in [4.78, 5) is 6.26. The summed E-state index contributed by atoms with van der Waals surface area (Å²) in [5.41, 5.74) is 0.292. The summed E-state index contributed by atoms with van der Waals surface area (Å²) >= 11 is 0. The Morgan fingerprint density at radius 1 is 1.14 bits per heavy atom. The number of nitrogens with one attached hydrogen (secondary N) is 2. The number of rotatable bonds is 4. The van der Waals surface area contributed by atoms with E-state index in [0.717, 1.165) is 6.07 Å². The second kappa shape index (κ2) is 7.12. The van der Waals surface area contributed by atoms with Crippen LogP contribution < -0.4 is 4.72 Å². The lowest BCUT2D eigenvalue weighted by atomic mass is 10.0. The van der Waals surface area contributed by atoms with Crippen molar-refractivity contribution in [3.05, 3.63) is 48.3 Å². The molecular weight excluding hydrogens is 407 g/mol. The van der Waals surface area contributed by atoms with Crippen molar-refractivity contribution < 1.29 is 26.7 Å². The number of pyridine rings is 1. The number of aromatic nitrogens is 2. The van der Waals surface area contributed by atoms with Crippen molar-refractivity contribution in [2.75, 3.05) is 0 Å². The lowest BCUT2D eigenvalue weighted by molar-refractivity contribution is -0.140. The van der Waals surface area contributed by atoms with Crippen LogP contribution in [0.2, 0.25) is 0 Å². The van der Waals surface area contributed by atoms with Gasteiger partial charge in [0.25, 0.3) is 0 Å². The van der Waals surface area contributed by atoms with Crippen LogP contribution in [-0.2, 0) is 16.2 Å². The van der Waals surface area contributed by atoms with Crippen LogP contribution in [0.25, 0.3) is 22.2 Å². The van der Waals surface area contributed by atoms with Gasteiger partial charge in [0.2, 0.25) is 10.0 Å². The number of aromatic amines is 1. The summed E-state index contributed by atoms with van der Waals surface area (Å²) in [6, 6.07) is 8.18. The predicted octanol–water partition coefficient (Wildman–Crippen LogP) is 3.44. The fourth-order valence-corrected chi connectivity index (χ4v) is 4.88. The Labute approximate surface area is 164 Å². The van der Waals surface area contributed by atoms with E-state index in [1.54, 1.807) is 18.2 Å². The van der Waals surface area contributed by atoms with Crippen LogP contribution >= 0.6 is 0 Å². The van der Waals surface area contributed by atoms with E-state index in [4.69, 9.17) is 0 Å². The average Bonchev–Trinajstić information content (AvgIpc) is 3.27. The predicted molar refractivity (Wildman–Crippen MR) is 100 cm³/mol. The number of H-pyrrole nitrogens is 1. The highest BCUT2D eigenvalue weighted by molar-refractivity contribution is 7.89. The zero-order valence-electron chi connectivity index (χ0n) is 15.1. The first-order valence-electron chi connectivity index (χ1n) is 8.99. The standard InChI is InChI=1S/C19H18F3N3O3S/c20-19(21,22)17-10-16-15(7-8-23-18(16)24-17)11-1-5-14(6-2-11)29(27,28)25-12-3-4-13(26)9-12/h1-2,5-8,10,12-13,25-26H,3-4,9H2,(H,23,24). The van der Waals surface area contributed by atoms with E-state index < -0.39 is 28.0 Å². The van der Waals surface area contributed by atoms with Gasteiger partial charge in [0.05, 0.1) is 11.0 Å². The zero-order valence-corrected chi connectivity index (χ0v) is 15.9. The Balaban J connectivity index is 1.63. The minimum absolute atomic E-state index is 0.0537. The van der Waals surface area contributed by atoms with E-state index in [9.17, 15) is 26.7 Å². The van der Waals surface area contributed by atoms with Crippen molar-refractivity contribution in [3.8, 4) is 11.1 Å². The Bertz CT molecular complexity index is 1140. The van der Waals surface area contributed by atoms with Gasteiger partial charge in [-0.15, -0.1) is 0 Å². The maximum Gasteiger partial charge on any atom is 0.431 e. The van der Waals surface area contributed by atoms with Crippen molar-refractivity contribution in [1.29, 1.82) is 0 Å². The molecule has 1 aliphatic carbocycles. The third-order valence-electron chi connectivity index (χ3n) is 5.04. The maximum absolute atomic E-state index is 13.0. The van der Waals surface area contributed by atoms with E-state index >= 15 is 0 Å². The minimum atomic E-state index is -4.52. The van der Waals surface area contributed by atoms with E-state index in [0.29, 0.717) is 35.8 Å². The Morgan fingerprint density at radius 2 is 1.86 bits per heavy atom. The molecule has 1 saturated carbocycles. The van der Waals surface area contributed by atoms with Crippen LogP contribution in [-0.4, -0.2) is 35.6 Å². The molecule has 2 heterocycles. The quantitative estimate of drug-likeness (QED) is 0.597. The monoisotopic (exact) mass is 425 g/mol. The molecule has 3 aromatic rings. The van der Waals surface area contributed by atoms with Gasteiger partial charge in [0, 0.05) is 17.6 Å². The first-order valence-corrected chi connectivity index (χ1v) is 10.5. The fraction of sp³-hybridized carbons (Fsp3) is 0.316. The number of halogens is 3. The third kappa shape index (κ3) is 4.00. The number of hydrogen-bond donors (Lipinski definition) is 3. The molecule has 0 radical (unpaired) electrons. The third-order valence-corrected chi connectivity index (χ3v) is 6.58. The average molecular weight is 425 g/mol. The molecule has 1 aliphatic rings. The largest absolute Gasteiger partial charge is 0.431 e. The smallest absolute Gasteiger partial charge is 0.393 e. The van der Waals surface area contributed by atoms with Crippen molar-refractivity contribution >= 4 is 21.1 Å². The number of fused-ring (bicyclic) bond motifs is 1. The minimum Gasteiger partial charge on any atom is -0.393 e. The van der Waals surface area contributed by atoms with Crippen molar-refractivity contribution in [2.45, 2.75) is 42.5 Å². The van der Waals surface area contributed by atoms with E-state index in [-0.39, 0.29) is 16.6 Å². The number of benzene rings is 1. The SMILES string of the molecule is O=S(=O)(NC1CCC(O)C1)c1ccc(-c2ccnc3[nH]c(C(F)(F)F)cc23)cc1. The van der Waals surface area contributed by atoms with Crippen LogP contribution in [0.4, 0.5) is 13.2 Å². The molecule has 2 aromatic heterocycles. The van der Waals surface area contributed by atoms with Gasteiger partial charge in [-0.1, -0.05) is 12.1 Å². The lowest BCUT2D eigenvalue weighted by Crippen LogP contribution is -2.33. The second-order valence-electron chi connectivity index (χ2n) is 7.11. The number of alkyl halides is 3. The first-order chi connectivity index (χ1) is 13.6. The molecule has 0 spiro atoms. The molecule has 29 heavy (non-hydrogen) atoms.